The zero-order chi connectivity index (χ0) is 10.5. The maximum absolute atomic E-state index is 5.23. The molecule has 1 fully saturated rings. The van der Waals surface area contributed by atoms with Gasteiger partial charge in [-0.2, -0.15) is 0 Å². The standard InChI is InChI=1S/C14H17N/c1-2-15-14-10-6-9-13(11-14)12-7-4-3-5-8-12/h1,6,9-12,15H,3-5,7-8H2. The van der Waals surface area contributed by atoms with Crippen LogP contribution < -0.4 is 5.32 Å². The molecule has 1 saturated carbocycles. The number of anilines is 1. The maximum Gasteiger partial charge on any atom is 0.0461 e. The fraction of sp³-hybridized carbons (Fsp3) is 0.429. The van der Waals surface area contributed by atoms with E-state index in [-0.39, 0.29) is 0 Å². The van der Waals surface area contributed by atoms with Gasteiger partial charge in [0.1, 0.15) is 0 Å². The number of hydrogen-bond donors (Lipinski definition) is 1. The molecule has 0 bridgehead atoms. The summed E-state index contributed by atoms with van der Waals surface area (Å²) < 4.78 is 0. The summed E-state index contributed by atoms with van der Waals surface area (Å²) in [4.78, 5) is 0. The van der Waals surface area contributed by atoms with Gasteiger partial charge in [0.05, 0.1) is 0 Å². The lowest BCUT2D eigenvalue weighted by Crippen LogP contribution is -2.04. The molecule has 1 aliphatic rings. The van der Waals surface area contributed by atoms with Crippen molar-refractivity contribution >= 4 is 5.69 Å². The van der Waals surface area contributed by atoms with Crippen molar-refractivity contribution in [2.24, 2.45) is 0 Å². The van der Waals surface area contributed by atoms with Gasteiger partial charge in [0, 0.05) is 11.7 Å². The van der Waals surface area contributed by atoms with Crippen LogP contribution in [0.5, 0.6) is 0 Å². The summed E-state index contributed by atoms with van der Waals surface area (Å²) >= 11 is 0. The molecular weight excluding hydrogens is 182 g/mol. The summed E-state index contributed by atoms with van der Waals surface area (Å²) in [5.74, 6) is 0.748. The lowest BCUT2D eigenvalue weighted by atomic mass is 9.84. The molecule has 1 nitrogen and oxygen atoms in total. The first-order valence-electron chi connectivity index (χ1n) is 5.72. The van der Waals surface area contributed by atoms with Crippen LogP contribution in [0, 0.1) is 12.5 Å². The van der Waals surface area contributed by atoms with Crippen molar-refractivity contribution in [3.8, 4) is 12.5 Å². The Bertz CT molecular complexity index is 356. The topological polar surface area (TPSA) is 12.0 Å². The third kappa shape index (κ3) is 2.53. The van der Waals surface area contributed by atoms with Gasteiger partial charge in [0.25, 0.3) is 0 Å². The minimum atomic E-state index is 0.748. The Kier molecular flexibility index (Phi) is 3.29. The molecule has 0 spiro atoms. The summed E-state index contributed by atoms with van der Waals surface area (Å²) in [6.45, 7) is 0. The molecule has 15 heavy (non-hydrogen) atoms. The van der Waals surface area contributed by atoms with E-state index in [4.69, 9.17) is 6.42 Å². The van der Waals surface area contributed by atoms with Crippen LogP contribution in [0.1, 0.15) is 43.6 Å². The van der Waals surface area contributed by atoms with E-state index in [1.165, 1.54) is 37.7 Å². The van der Waals surface area contributed by atoms with E-state index < -0.39 is 0 Å². The van der Waals surface area contributed by atoms with Crippen molar-refractivity contribution in [3.05, 3.63) is 29.8 Å². The Hall–Kier alpha value is -1.42. The zero-order valence-corrected chi connectivity index (χ0v) is 9.00. The number of terminal acetylenes is 1. The van der Waals surface area contributed by atoms with Crippen LogP contribution in [-0.2, 0) is 0 Å². The fourth-order valence-corrected chi connectivity index (χ4v) is 2.39. The Labute approximate surface area is 91.9 Å². The molecule has 0 atom stereocenters. The molecule has 1 aromatic rings. The second-order valence-corrected chi connectivity index (χ2v) is 4.23. The van der Waals surface area contributed by atoms with Crippen LogP contribution in [-0.4, -0.2) is 0 Å². The summed E-state index contributed by atoms with van der Waals surface area (Å²) in [6.07, 6.45) is 12.0. The van der Waals surface area contributed by atoms with Gasteiger partial charge in [0.15, 0.2) is 0 Å². The van der Waals surface area contributed by atoms with Crippen LogP contribution in [0.15, 0.2) is 24.3 Å². The van der Waals surface area contributed by atoms with E-state index in [9.17, 15) is 0 Å². The Morgan fingerprint density at radius 3 is 2.73 bits per heavy atom. The molecule has 1 N–H and O–H groups in total. The lowest BCUT2D eigenvalue weighted by molar-refractivity contribution is 0.444. The third-order valence-corrected chi connectivity index (χ3v) is 3.18. The molecule has 1 heteroatoms. The van der Waals surface area contributed by atoms with Gasteiger partial charge in [-0.1, -0.05) is 37.8 Å². The first kappa shape index (κ1) is 10.1. The number of benzene rings is 1. The van der Waals surface area contributed by atoms with E-state index in [1.807, 2.05) is 6.07 Å². The van der Waals surface area contributed by atoms with E-state index in [0.29, 0.717) is 0 Å². The number of rotatable bonds is 2. The summed E-state index contributed by atoms with van der Waals surface area (Å²) in [5.41, 5.74) is 2.48. The molecule has 1 aliphatic carbocycles. The van der Waals surface area contributed by atoms with Gasteiger partial charge in [-0.15, -0.1) is 0 Å². The van der Waals surface area contributed by atoms with Crippen molar-refractivity contribution < 1.29 is 0 Å². The number of hydrogen-bond acceptors (Lipinski definition) is 1. The smallest absolute Gasteiger partial charge is 0.0461 e. The molecule has 0 aliphatic heterocycles. The van der Waals surface area contributed by atoms with Crippen LogP contribution in [0.25, 0.3) is 0 Å². The van der Waals surface area contributed by atoms with Crippen molar-refractivity contribution in [2.75, 3.05) is 5.32 Å². The second-order valence-electron chi connectivity index (χ2n) is 4.23. The SMILES string of the molecule is C#CNc1cccc(C2CCCCC2)c1. The van der Waals surface area contributed by atoms with Crippen molar-refractivity contribution in [3.63, 3.8) is 0 Å². The van der Waals surface area contributed by atoms with E-state index in [0.717, 1.165) is 11.6 Å². The molecule has 0 heterocycles. The second kappa shape index (κ2) is 4.89. The normalized spacial score (nSPS) is 17.0. The highest BCUT2D eigenvalue weighted by Crippen LogP contribution is 2.33. The lowest BCUT2D eigenvalue weighted by Gasteiger charge is -2.22. The Morgan fingerprint density at radius 1 is 1.20 bits per heavy atom. The molecule has 1 aromatic carbocycles. The largest absolute Gasteiger partial charge is 0.315 e. The quantitative estimate of drug-likeness (QED) is 0.565. The number of nitrogens with one attached hydrogen (secondary N) is 1. The zero-order valence-electron chi connectivity index (χ0n) is 9.00. The molecule has 0 unspecified atom stereocenters. The average molecular weight is 199 g/mol. The van der Waals surface area contributed by atoms with E-state index in [1.54, 1.807) is 0 Å². The van der Waals surface area contributed by atoms with Gasteiger partial charge in [-0.05, 0) is 36.5 Å². The van der Waals surface area contributed by atoms with E-state index in [2.05, 4.69) is 29.6 Å². The highest BCUT2D eigenvalue weighted by Gasteiger charge is 2.15. The van der Waals surface area contributed by atoms with Crippen molar-refractivity contribution in [2.45, 2.75) is 38.0 Å². The van der Waals surface area contributed by atoms with Crippen LogP contribution in [0.3, 0.4) is 0 Å². The Balaban J connectivity index is 2.13. The van der Waals surface area contributed by atoms with Crippen molar-refractivity contribution in [1.29, 1.82) is 0 Å². The predicted molar refractivity (Wildman–Crippen MR) is 64.7 cm³/mol. The third-order valence-electron chi connectivity index (χ3n) is 3.18. The molecule has 0 radical (unpaired) electrons. The summed E-state index contributed by atoms with van der Waals surface area (Å²) in [5, 5.41) is 2.91. The van der Waals surface area contributed by atoms with Crippen LogP contribution in [0.4, 0.5) is 5.69 Å². The first-order valence-corrected chi connectivity index (χ1v) is 5.72. The fourth-order valence-electron chi connectivity index (χ4n) is 2.39. The van der Waals surface area contributed by atoms with Crippen LogP contribution in [0.2, 0.25) is 0 Å². The van der Waals surface area contributed by atoms with Gasteiger partial charge in [0.2, 0.25) is 0 Å². The first-order chi connectivity index (χ1) is 7.40. The highest BCUT2D eigenvalue weighted by molar-refractivity contribution is 5.50. The summed E-state index contributed by atoms with van der Waals surface area (Å²) in [7, 11) is 0. The molecule has 0 saturated heterocycles. The van der Waals surface area contributed by atoms with Gasteiger partial charge < -0.3 is 5.32 Å². The predicted octanol–water partition coefficient (Wildman–Crippen LogP) is 3.74. The molecule has 0 aromatic heterocycles. The monoisotopic (exact) mass is 199 g/mol. The Morgan fingerprint density at radius 2 is 2.00 bits per heavy atom. The average Bonchev–Trinajstić information content (AvgIpc) is 2.31. The maximum atomic E-state index is 5.23. The summed E-state index contributed by atoms with van der Waals surface area (Å²) in [6, 6.07) is 11.0. The van der Waals surface area contributed by atoms with E-state index >= 15 is 0 Å². The van der Waals surface area contributed by atoms with Gasteiger partial charge >= 0.3 is 0 Å². The minimum Gasteiger partial charge on any atom is -0.315 e. The molecule has 0 amide bonds. The molecule has 2 rings (SSSR count). The van der Waals surface area contributed by atoms with Gasteiger partial charge in [-0.25, -0.2) is 0 Å². The van der Waals surface area contributed by atoms with Crippen LogP contribution >= 0.6 is 0 Å². The van der Waals surface area contributed by atoms with Gasteiger partial charge in [-0.3, -0.25) is 0 Å². The molecular formula is C14H17N. The molecule has 78 valence electrons. The van der Waals surface area contributed by atoms with Crippen molar-refractivity contribution in [1.82, 2.24) is 0 Å². The minimum absolute atomic E-state index is 0.748. The highest BCUT2D eigenvalue weighted by atomic mass is 14.8.